The second-order valence-electron chi connectivity index (χ2n) is 12.5. The number of benzene rings is 7. The zero-order chi connectivity index (χ0) is 34.0. The summed E-state index contributed by atoms with van der Waals surface area (Å²) in [7, 11) is 0. The fourth-order valence-corrected chi connectivity index (χ4v) is 13.6. The Morgan fingerprint density at radius 2 is 0.804 bits per heavy atom. The highest BCUT2D eigenvalue weighted by atomic mass is 32.2. The van der Waals surface area contributed by atoms with Gasteiger partial charge in [0, 0.05) is 21.3 Å². The van der Waals surface area contributed by atoms with E-state index >= 15 is 0 Å². The van der Waals surface area contributed by atoms with Gasteiger partial charge in [0.2, 0.25) is 0 Å². The third-order valence-corrected chi connectivity index (χ3v) is 15.3. The number of rotatable bonds is 5. The molecule has 0 atom stereocenters. The predicted octanol–water partition coefficient (Wildman–Crippen LogP) is 10.5. The summed E-state index contributed by atoms with van der Waals surface area (Å²) in [6.07, 6.45) is 0. The normalized spacial score (nSPS) is 14.6. The maximum Gasteiger partial charge on any atom is 0.161 e. The van der Waals surface area contributed by atoms with E-state index in [1.807, 2.05) is 36.4 Å². The standard InChI is InChI=1S/C47H33N2PS/c1-6-20-34(21-7-1)46(48-35-22-8-2-9-23-35)49-47-44(45(51-47)43-41-32-18-16-30-39(41)40-31-17-19-33-42(40)43)50(36-24-10-3-11-25-36,37-26-12-4-13-27-37)38-28-14-5-15-29-38/h1-33H. The smallest absolute Gasteiger partial charge is 0.161 e. The van der Waals surface area contributed by atoms with E-state index in [1.165, 1.54) is 53.9 Å². The van der Waals surface area contributed by atoms with Gasteiger partial charge in [-0.05, 0) is 57.2 Å². The van der Waals surface area contributed by atoms with Gasteiger partial charge in [0.15, 0.2) is 5.84 Å². The van der Waals surface area contributed by atoms with Crippen molar-refractivity contribution in [3.63, 3.8) is 0 Å². The second kappa shape index (κ2) is 13.5. The number of fused-ring (bicyclic) bond motifs is 3. The Bertz CT molecular complexity index is 2370. The molecule has 0 saturated carbocycles. The van der Waals surface area contributed by atoms with Crippen LogP contribution in [0.25, 0.3) is 16.7 Å². The van der Waals surface area contributed by atoms with Crippen LogP contribution in [0.4, 0.5) is 5.69 Å². The molecule has 0 unspecified atom stereocenters. The Balaban J connectivity index is 1.46. The molecule has 0 radical (unpaired) electrons. The lowest BCUT2D eigenvalue weighted by atomic mass is 10.0. The Kier molecular flexibility index (Phi) is 8.29. The summed E-state index contributed by atoms with van der Waals surface area (Å²) >= 11 is 1.79. The zero-order valence-electron chi connectivity index (χ0n) is 27.8. The summed E-state index contributed by atoms with van der Waals surface area (Å²) in [6.45, 7) is -2.52. The van der Waals surface area contributed by atoms with Gasteiger partial charge in [0.25, 0.3) is 0 Å². The minimum absolute atomic E-state index is 0.699. The van der Waals surface area contributed by atoms with Crippen LogP contribution in [0, 0.1) is 0 Å². The van der Waals surface area contributed by atoms with Crippen LogP contribution >= 0.6 is 18.6 Å². The number of hydrogen-bond donors (Lipinski definition) is 0. The topological polar surface area (TPSA) is 24.7 Å². The molecular formula is C47H33N2PS. The first-order valence-electron chi connectivity index (χ1n) is 17.2. The van der Waals surface area contributed by atoms with Crippen molar-refractivity contribution >= 4 is 62.0 Å². The maximum atomic E-state index is 5.59. The highest BCUT2D eigenvalue weighted by Gasteiger charge is 2.43. The summed E-state index contributed by atoms with van der Waals surface area (Å²) in [4.78, 5) is 12.1. The highest BCUT2D eigenvalue weighted by Crippen LogP contribution is 2.59. The molecule has 2 nitrogen and oxygen atoms in total. The monoisotopic (exact) mass is 688 g/mol. The maximum absolute atomic E-state index is 5.59. The molecule has 0 spiro atoms. The van der Waals surface area contributed by atoms with E-state index in [2.05, 4.69) is 164 Å². The molecule has 51 heavy (non-hydrogen) atoms. The average Bonchev–Trinajstić information content (AvgIpc) is 3.53. The molecule has 2 aliphatic rings. The van der Waals surface area contributed by atoms with Gasteiger partial charge in [0.05, 0.1) is 5.69 Å². The Labute approximate surface area is 303 Å². The van der Waals surface area contributed by atoms with E-state index in [0.717, 1.165) is 16.3 Å². The minimum Gasteiger partial charge on any atom is -0.229 e. The summed E-state index contributed by atoms with van der Waals surface area (Å²) in [6, 6.07) is 71.5. The Morgan fingerprint density at radius 1 is 0.412 bits per heavy atom. The van der Waals surface area contributed by atoms with Crippen LogP contribution in [0.2, 0.25) is 0 Å². The molecule has 4 heteroatoms. The van der Waals surface area contributed by atoms with E-state index < -0.39 is 6.89 Å². The van der Waals surface area contributed by atoms with Gasteiger partial charge in [-0.1, -0.05) is 200 Å². The molecule has 1 fully saturated rings. The molecule has 9 rings (SSSR count). The number of amidine groups is 1. The summed E-state index contributed by atoms with van der Waals surface area (Å²) < 4.78 is 0. The van der Waals surface area contributed by atoms with Gasteiger partial charge in [-0.3, -0.25) is 0 Å². The lowest BCUT2D eigenvalue weighted by Crippen LogP contribution is -2.38. The molecule has 1 aliphatic heterocycles. The van der Waals surface area contributed by atoms with Crippen molar-refractivity contribution in [2.24, 2.45) is 9.98 Å². The Hall–Kier alpha value is -5.73. The second-order valence-corrected chi connectivity index (χ2v) is 16.8. The molecule has 0 bridgehead atoms. The lowest BCUT2D eigenvalue weighted by molar-refractivity contribution is 1.45. The first kappa shape index (κ1) is 31.3. The van der Waals surface area contributed by atoms with E-state index in [4.69, 9.17) is 9.98 Å². The van der Waals surface area contributed by atoms with Crippen LogP contribution in [0.1, 0.15) is 16.7 Å². The minimum atomic E-state index is -2.52. The number of nitrogens with zero attached hydrogens (tertiary/aromatic N) is 2. The van der Waals surface area contributed by atoms with Gasteiger partial charge < -0.3 is 0 Å². The first-order chi connectivity index (χ1) is 25.3. The van der Waals surface area contributed by atoms with Crippen molar-refractivity contribution in [2.75, 3.05) is 0 Å². The van der Waals surface area contributed by atoms with Crippen molar-refractivity contribution in [3.8, 4) is 11.1 Å². The van der Waals surface area contributed by atoms with Crippen molar-refractivity contribution in [1.82, 2.24) is 0 Å². The van der Waals surface area contributed by atoms with Crippen molar-refractivity contribution in [1.29, 1.82) is 0 Å². The molecule has 7 aromatic rings. The van der Waals surface area contributed by atoms with E-state index in [9.17, 15) is 0 Å². The van der Waals surface area contributed by atoms with Crippen LogP contribution in [-0.4, -0.2) is 16.2 Å². The molecule has 7 aromatic carbocycles. The van der Waals surface area contributed by atoms with Crippen LogP contribution in [-0.2, 0) is 0 Å². The van der Waals surface area contributed by atoms with Gasteiger partial charge in [-0.15, -0.1) is 0 Å². The van der Waals surface area contributed by atoms with Crippen LogP contribution in [0.5, 0.6) is 0 Å². The number of para-hydroxylation sites is 1. The molecule has 0 aromatic heterocycles. The molecule has 0 N–H and O–H groups in total. The SMILES string of the molecule is c1ccc(N=C(N=C2SC(=C3c4ccccc4-c4ccccc43)C2=P(c2ccccc2)(c2ccccc2)c2ccccc2)c2ccccc2)cc1. The third kappa shape index (κ3) is 5.47. The molecule has 1 saturated heterocycles. The molecular weight excluding hydrogens is 656 g/mol. The van der Waals surface area contributed by atoms with Gasteiger partial charge >= 0.3 is 0 Å². The van der Waals surface area contributed by atoms with Crippen molar-refractivity contribution in [3.05, 3.63) is 222 Å². The summed E-state index contributed by atoms with van der Waals surface area (Å²) in [5, 5.41) is 6.18. The third-order valence-electron chi connectivity index (χ3n) is 9.52. The first-order valence-corrected chi connectivity index (χ1v) is 19.8. The van der Waals surface area contributed by atoms with E-state index in [0.29, 0.717) is 5.84 Å². The number of hydrogen-bond acceptors (Lipinski definition) is 2. The van der Waals surface area contributed by atoms with E-state index in [1.54, 1.807) is 11.8 Å². The van der Waals surface area contributed by atoms with Crippen LogP contribution in [0.15, 0.2) is 215 Å². The van der Waals surface area contributed by atoms with Gasteiger partial charge in [-0.25, -0.2) is 9.98 Å². The zero-order valence-corrected chi connectivity index (χ0v) is 29.5. The van der Waals surface area contributed by atoms with Crippen molar-refractivity contribution < 1.29 is 0 Å². The van der Waals surface area contributed by atoms with Crippen molar-refractivity contribution in [2.45, 2.75) is 0 Å². The molecule has 242 valence electrons. The number of allylic oxidation sites excluding steroid dienone is 1. The fourth-order valence-electron chi connectivity index (χ4n) is 7.30. The summed E-state index contributed by atoms with van der Waals surface area (Å²) in [5.41, 5.74) is 8.24. The van der Waals surface area contributed by atoms with E-state index in [-0.39, 0.29) is 0 Å². The average molecular weight is 689 g/mol. The lowest BCUT2D eigenvalue weighted by Gasteiger charge is -2.39. The Morgan fingerprint density at radius 3 is 1.27 bits per heavy atom. The quantitative estimate of drug-likeness (QED) is 0.100. The fraction of sp³-hybridized carbons (Fsp3) is 0. The molecule has 1 heterocycles. The van der Waals surface area contributed by atoms with Crippen LogP contribution in [0.3, 0.4) is 0 Å². The molecule has 0 amide bonds. The number of aliphatic imine (C=N–C) groups is 2. The molecule has 1 aliphatic carbocycles. The predicted molar refractivity (Wildman–Crippen MR) is 222 cm³/mol. The summed E-state index contributed by atoms with van der Waals surface area (Å²) in [5.74, 6) is 0.699. The highest BCUT2D eigenvalue weighted by molar-refractivity contribution is 8.28. The van der Waals surface area contributed by atoms with Crippen LogP contribution < -0.4 is 15.9 Å². The van der Waals surface area contributed by atoms with Gasteiger partial charge in [-0.2, -0.15) is 0 Å². The largest absolute Gasteiger partial charge is 0.229 e. The van der Waals surface area contributed by atoms with Gasteiger partial charge in [0.1, 0.15) is 5.04 Å². The number of thioether (sulfide) groups is 1.